The topological polar surface area (TPSA) is 123 Å². The molecule has 0 spiro atoms. The first kappa shape index (κ1) is 24.0. The van der Waals surface area contributed by atoms with E-state index in [1.807, 2.05) is 36.4 Å². The van der Waals surface area contributed by atoms with Crippen molar-refractivity contribution in [1.82, 2.24) is 15.1 Å². The summed E-state index contributed by atoms with van der Waals surface area (Å²) < 4.78 is 6.85. The molecule has 0 radical (unpaired) electrons. The highest BCUT2D eigenvalue weighted by atomic mass is 16.5. The first-order valence-electron chi connectivity index (χ1n) is 11.3. The quantitative estimate of drug-likeness (QED) is 0.494. The molecule has 0 unspecified atom stereocenters. The Bertz CT molecular complexity index is 1250. The number of rotatable bonds is 6. The van der Waals surface area contributed by atoms with Crippen LogP contribution in [-0.2, 0) is 16.6 Å². The third-order valence-corrected chi connectivity index (χ3v) is 6.14. The number of ether oxygens (including phenoxy) is 1. The van der Waals surface area contributed by atoms with Crippen LogP contribution < -0.4 is 10.6 Å². The number of carbonyl (C=O) groups excluding carboxylic acids is 2. The van der Waals surface area contributed by atoms with Crippen molar-refractivity contribution in [2.45, 2.75) is 32.7 Å². The van der Waals surface area contributed by atoms with Gasteiger partial charge in [0.15, 0.2) is 0 Å². The molecule has 1 atom stereocenters. The average molecular weight is 477 g/mol. The Morgan fingerprint density at radius 1 is 1.06 bits per heavy atom. The van der Waals surface area contributed by atoms with Gasteiger partial charge in [0.2, 0.25) is 5.91 Å². The van der Waals surface area contributed by atoms with E-state index in [1.165, 1.54) is 11.7 Å². The van der Waals surface area contributed by atoms with Crippen LogP contribution in [0.4, 0.5) is 10.6 Å². The molecule has 35 heavy (non-hydrogen) atoms. The maximum absolute atomic E-state index is 13.1. The molecule has 4 rings (SSSR count). The van der Waals surface area contributed by atoms with Gasteiger partial charge in [0, 0.05) is 13.0 Å². The molecule has 9 nitrogen and oxygen atoms in total. The molecule has 1 heterocycles. The van der Waals surface area contributed by atoms with E-state index in [4.69, 9.17) is 4.74 Å². The van der Waals surface area contributed by atoms with E-state index in [9.17, 15) is 19.5 Å². The molecule has 0 saturated heterocycles. The zero-order valence-electron chi connectivity index (χ0n) is 20.0. The molecule has 0 fully saturated rings. The molecule has 2 amide bonds. The van der Waals surface area contributed by atoms with Gasteiger partial charge >= 0.3 is 12.1 Å². The zero-order chi connectivity index (χ0) is 25.3. The van der Waals surface area contributed by atoms with E-state index in [1.54, 1.807) is 20.8 Å². The van der Waals surface area contributed by atoms with Gasteiger partial charge in [0.05, 0.1) is 6.20 Å². The van der Waals surface area contributed by atoms with Crippen LogP contribution in [-0.4, -0.2) is 45.5 Å². The second-order valence-electron chi connectivity index (χ2n) is 9.59. The lowest BCUT2D eigenvalue weighted by Crippen LogP contribution is -2.52. The van der Waals surface area contributed by atoms with E-state index in [0.717, 1.165) is 28.5 Å². The molecule has 1 aliphatic rings. The molecular weight excluding hydrogens is 448 g/mol. The van der Waals surface area contributed by atoms with Gasteiger partial charge < -0.3 is 20.5 Å². The standard InChI is InChI=1S/C26H28N4O5/c1-26(2,3)21(23(31)29-22-19(24(32)33)13-27-30(22)4)28-25(34)35-14-20-17-11-7-5-9-15(17)16-10-6-8-12-18(16)20/h5-13,20-21H,14H2,1-4H3,(H,28,34)(H,29,31)(H,32,33)/t21-/m0/s1. The Morgan fingerprint density at radius 2 is 1.63 bits per heavy atom. The number of anilines is 1. The van der Waals surface area contributed by atoms with E-state index in [-0.39, 0.29) is 23.9 Å². The van der Waals surface area contributed by atoms with Crippen LogP contribution in [0.15, 0.2) is 54.7 Å². The fraction of sp³-hybridized carbons (Fsp3) is 0.308. The molecule has 0 saturated carbocycles. The number of carbonyl (C=O) groups is 3. The predicted octanol–water partition coefficient (Wildman–Crippen LogP) is 4.01. The number of alkyl carbamates (subject to hydrolysis) is 1. The van der Waals surface area contributed by atoms with E-state index < -0.39 is 29.4 Å². The predicted molar refractivity (Wildman–Crippen MR) is 130 cm³/mol. The molecule has 9 heteroatoms. The minimum Gasteiger partial charge on any atom is -0.477 e. The van der Waals surface area contributed by atoms with Crippen LogP contribution in [0.1, 0.15) is 48.2 Å². The number of hydrogen-bond acceptors (Lipinski definition) is 5. The fourth-order valence-corrected chi connectivity index (χ4v) is 4.36. The Morgan fingerprint density at radius 3 is 2.17 bits per heavy atom. The number of nitrogens with zero attached hydrogens (tertiary/aromatic N) is 2. The molecule has 3 N–H and O–H groups in total. The van der Waals surface area contributed by atoms with E-state index in [2.05, 4.69) is 27.9 Å². The van der Waals surface area contributed by atoms with Crippen molar-refractivity contribution in [3.05, 3.63) is 71.4 Å². The van der Waals surface area contributed by atoms with Gasteiger partial charge in [0.1, 0.15) is 24.0 Å². The molecule has 3 aromatic rings. The lowest BCUT2D eigenvalue weighted by atomic mass is 9.86. The summed E-state index contributed by atoms with van der Waals surface area (Å²) in [5.41, 5.74) is 3.59. The van der Waals surface area contributed by atoms with Crippen LogP contribution in [0.2, 0.25) is 0 Å². The van der Waals surface area contributed by atoms with E-state index in [0.29, 0.717) is 0 Å². The summed E-state index contributed by atoms with van der Waals surface area (Å²) in [5, 5.41) is 18.5. The number of benzene rings is 2. The maximum atomic E-state index is 13.1. The molecule has 1 aliphatic carbocycles. The third kappa shape index (κ3) is 4.75. The number of hydrogen-bond donors (Lipinski definition) is 3. The smallest absolute Gasteiger partial charge is 0.407 e. The van der Waals surface area contributed by atoms with Gasteiger partial charge in [0.25, 0.3) is 0 Å². The maximum Gasteiger partial charge on any atom is 0.407 e. The average Bonchev–Trinajstić information content (AvgIpc) is 3.33. The highest BCUT2D eigenvalue weighted by molar-refractivity contribution is 6.02. The number of carboxylic acids is 1. The largest absolute Gasteiger partial charge is 0.477 e. The Labute approximate surface area is 203 Å². The Hall–Kier alpha value is -4.14. The third-order valence-electron chi connectivity index (χ3n) is 6.14. The van der Waals surface area contributed by atoms with Crippen molar-refractivity contribution >= 4 is 23.8 Å². The Kier molecular flexibility index (Phi) is 6.34. The van der Waals surface area contributed by atoms with Crippen LogP contribution in [0.5, 0.6) is 0 Å². The first-order valence-corrected chi connectivity index (χ1v) is 11.3. The lowest BCUT2D eigenvalue weighted by Gasteiger charge is -2.30. The number of carboxylic acid groups (broad SMARTS) is 1. The SMILES string of the molecule is Cn1ncc(C(=O)O)c1NC(=O)[C@H](NC(=O)OCC1c2ccccc2-c2ccccc21)C(C)(C)C. The summed E-state index contributed by atoms with van der Waals surface area (Å²) in [5.74, 6) is -1.86. The number of fused-ring (bicyclic) bond motifs is 3. The van der Waals surface area contributed by atoms with Crippen molar-refractivity contribution in [2.24, 2.45) is 12.5 Å². The lowest BCUT2D eigenvalue weighted by molar-refractivity contribution is -0.120. The van der Waals surface area contributed by atoms with Crippen LogP contribution in [0, 0.1) is 5.41 Å². The fourth-order valence-electron chi connectivity index (χ4n) is 4.36. The normalized spacial score (nSPS) is 13.5. The van der Waals surface area contributed by atoms with Crippen LogP contribution in [0.25, 0.3) is 11.1 Å². The molecule has 0 aliphatic heterocycles. The number of aromatic carboxylic acids is 1. The van der Waals surface area contributed by atoms with Gasteiger partial charge in [-0.2, -0.15) is 5.10 Å². The van der Waals surface area contributed by atoms with Gasteiger partial charge in [-0.05, 0) is 27.7 Å². The highest BCUT2D eigenvalue weighted by Crippen LogP contribution is 2.44. The van der Waals surface area contributed by atoms with Gasteiger partial charge in [-0.15, -0.1) is 0 Å². The molecule has 1 aromatic heterocycles. The van der Waals surface area contributed by atoms with Gasteiger partial charge in [-0.1, -0.05) is 69.3 Å². The van der Waals surface area contributed by atoms with Crippen molar-refractivity contribution in [3.8, 4) is 11.1 Å². The van der Waals surface area contributed by atoms with E-state index >= 15 is 0 Å². The molecule has 2 aromatic carbocycles. The zero-order valence-corrected chi connectivity index (χ0v) is 20.0. The summed E-state index contributed by atoms with van der Waals surface area (Å²) >= 11 is 0. The van der Waals surface area contributed by atoms with Crippen LogP contribution in [0.3, 0.4) is 0 Å². The van der Waals surface area contributed by atoms with Crippen molar-refractivity contribution < 1.29 is 24.2 Å². The number of amides is 2. The summed E-state index contributed by atoms with van der Waals surface area (Å²) in [4.78, 5) is 37.3. The van der Waals surface area contributed by atoms with Crippen molar-refractivity contribution in [1.29, 1.82) is 0 Å². The van der Waals surface area contributed by atoms with Crippen LogP contribution >= 0.6 is 0 Å². The van der Waals surface area contributed by atoms with Gasteiger partial charge in [-0.3, -0.25) is 9.48 Å². The second kappa shape index (κ2) is 9.25. The highest BCUT2D eigenvalue weighted by Gasteiger charge is 2.35. The van der Waals surface area contributed by atoms with Crippen molar-refractivity contribution in [3.63, 3.8) is 0 Å². The molecule has 0 bridgehead atoms. The molecule has 182 valence electrons. The van der Waals surface area contributed by atoms with Gasteiger partial charge in [-0.25, -0.2) is 9.59 Å². The second-order valence-corrected chi connectivity index (χ2v) is 9.59. The summed E-state index contributed by atoms with van der Waals surface area (Å²) in [6.45, 7) is 5.50. The number of nitrogens with one attached hydrogen (secondary N) is 2. The summed E-state index contributed by atoms with van der Waals surface area (Å²) in [7, 11) is 1.52. The molecular formula is C26H28N4O5. The minimum absolute atomic E-state index is 0.0334. The number of aryl methyl sites for hydroxylation is 1. The number of aromatic nitrogens is 2. The van der Waals surface area contributed by atoms with Crippen molar-refractivity contribution in [2.75, 3.05) is 11.9 Å². The summed E-state index contributed by atoms with van der Waals surface area (Å²) in [6.07, 6.45) is 0.425. The minimum atomic E-state index is -1.22. The first-order chi connectivity index (χ1) is 16.6. The summed E-state index contributed by atoms with van der Waals surface area (Å²) in [6, 6.07) is 15.1. The monoisotopic (exact) mass is 476 g/mol. The Balaban J connectivity index is 1.47.